The third-order valence-corrected chi connectivity index (χ3v) is 4.49. The number of rotatable bonds is 4. The van der Waals surface area contributed by atoms with Crippen molar-refractivity contribution in [3.8, 4) is 0 Å². The van der Waals surface area contributed by atoms with Crippen molar-refractivity contribution in [3.05, 3.63) is 65.2 Å². The maximum atomic E-state index is 14.2. The Bertz CT molecular complexity index is 816. The molecule has 0 aromatic heterocycles. The Balaban J connectivity index is 1.89. The summed E-state index contributed by atoms with van der Waals surface area (Å²) in [6.07, 6.45) is 1.75. The average molecular weight is 330 g/mol. The summed E-state index contributed by atoms with van der Waals surface area (Å²) in [5.74, 6) is -2.38. The molecule has 1 aliphatic carbocycles. The molecule has 0 spiro atoms. The zero-order valence-electron chi connectivity index (χ0n) is 12.8. The van der Waals surface area contributed by atoms with Crippen molar-refractivity contribution in [1.82, 2.24) is 0 Å². The van der Waals surface area contributed by atoms with Crippen molar-refractivity contribution < 1.29 is 18.4 Å². The van der Waals surface area contributed by atoms with E-state index in [4.69, 9.17) is 5.73 Å². The number of anilines is 1. The molecule has 2 amide bonds. The molecule has 0 radical (unpaired) electrons. The molecule has 1 aliphatic rings. The molecular weight excluding hydrogens is 314 g/mol. The molecule has 0 heterocycles. The molecule has 2 aromatic carbocycles. The van der Waals surface area contributed by atoms with Gasteiger partial charge in [0, 0.05) is 22.9 Å². The highest BCUT2D eigenvalue weighted by atomic mass is 19.1. The van der Waals surface area contributed by atoms with Gasteiger partial charge in [-0.15, -0.1) is 0 Å². The quantitative estimate of drug-likeness (QED) is 0.904. The van der Waals surface area contributed by atoms with Crippen LogP contribution < -0.4 is 11.1 Å². The van der Waals surface area contributed by atoms with Gasteiger partial charge in [-0.2, -0.15) is 0 Å². The lowest BCUT2D eigenvalue weighted by molar-refractivity contribution is -0.124. The number of hydrogen-bond donors (Lipinski definition) is 2. The predicted molar refractivity (Wildman–Crippen MR) is 85.5 cm³/mol. The van der Waals surface area contributed by atoms with Crippen molar-refractivity contribution in [2.24, 2.45) is 5.73 Å². The molecule has 2 aromatic rings. The lowest BCUT2D eigenvalue weighted by atomic mass is 9.63. The van der Waals surface area contributed by atoms with Gasteiger partial charge < -0.3 is 11.1 Å². The van der Waals surface area contributed by atoms with E-state index in [1.54, 1.807) is 12.1 Å². The SMILES string of the molecule is NC(=O)c1cccc(NC(=O)C2(c3ccc(F)cc3F)CCC2)c1. The Kier molecular flexibility index (Phi) is 4.05. The van der Waals surface area contributed by atoms with Crippen molar-refractivity contribution in [3.63, 3.8) is 0 Å². The molecule has 1 saturated carbocycles. The Morgan fingerprint density at radius 1 is 1.08 bits per heavy atom. The number of nitrogens with two attached hydrogens (primary N) is 1. The van der Waals surface area contributed by atoms with Crippen LogP contribution in [0.25, 0.3) is 0 Å². The Morgan fingerprint density at radius 3 is 2.42 bits per heavy atom. The number of amides is 2. The standard InChI is InChI=1S/C18H16F2N2O2/c19-12-5-6-14(15(20)10-12)18(7-2-8-18)17(24)22-13-4-1-3-11(9-13)16(21)23/h1,3-6,9-10H,2,7-8H2,(H2,21,23)(H,22,24). The first-order valence-electron chi connectivity index (χ1n) is 7.59. The van der Waals surface area contributed by atoms with Crippen LogP contribution in [0.5, 0.6) is 0 Å². The second kappa shape index (κ2) is 6.03. The predicted octanol–water partition coefficient (Wildman–Crippen LogP) is 3.12. The highest BCUT2D eigenvalue weighted by Gasteiger charge is 2.47. The van der Waals surface area contributed by atoms with Crippen molar-refractivity contribution in [1.29, 1.82) is 0 Å². The van der Waals surface area contributed by atoms with Gasteiger partial charge in [0.2, 0.25) is 11.8 Å². The van der Waals surface area contributed by atoms with Gasteiger partial charge >= 0.3 is 0 Å². The van der Waals surface area contributed by atoms with Gasteiger partial charge in [-0.1, -0.05) is 18.6 Å². The number of hydrogen-bond acceptors (Lipinski definition) is 2. The van der Waals surface area contributed by atoms with Gasteiger partial charge in [0.25, 0.3) is 0 Å². The summed E-state index contributed by atoms with van der Waals surface area (Å²) >= 11 is 0. The summed E-state index contributed by atoms with van der Waals surface area (Å²) in [7, 11) is 0. The lowest BCUT2D eigenvalue weighted by Gasteiger charge is -2.40. The Hall–Kier alpha value is -2.76. The van der Waals surface area contributed by atoms with Crippen LogP contribution in [-0.2, 0) is 10.2 Å². The van der Waals surface area contributed by atoms with Crippen LogP contribution in [0.1, 0.15) is 35.2 Å². The highest BCUT2D eigenvalue weighted by Crippen LogP contribution is 2.45. The molecule has 24 heavy (non-hydrogen) atoms. The normalized spacial score (nSPS) is 15.4. The third kappa shape index (κ3) is 2.75. The zero-order chi connectivity index (χ0) is 17.3. The molecule has 0 atom stereocenters. The van der Waals surface area contributed by atoms with Crippen LogP contribution in [0.2, 0.25) is 0 Å². The van der Waals surface area contributed by atoms with Gasteiger partial charge in [0.1, 0.15) is 11.6 Å². The summed E-state index contributed by atoms with van der Waals surface area (Å²) in [5, 5.41) is 2.71. The molecule has 0 bridgehead atoms. The van der Waals surface area contributed by atoms with E-state index in [1.165, 1.54) is 18.2 Å². The number of benzene rings is 2. The zero-order valence-corrected chi connectivity index (χ0v) is 12.8. The van der Waals surface area contributed by atoms with Crippen molar-refractivity contribution in [2.45, 2.75) is 24.7 Å². The third-order valence-electron chi connectivity index (χ3n) is 4.49. The molecule has 3 rings (SSSR count). The summed E-state index contributed by atoms with van der Waals surface area (Å²) in [5.41, 5.74) is 5.08. The Morgan fingerprint density at radius 2 is 1.83 bits per heavy atom. The van der Waals surface area contributed by atoms with Gasteiger partial charge in [0.15, 0.2) is 0 Å². The summed E-state index contributed by atoms with van der Waals surface area (Å²) in [4.78, 5) is 24.0. The van der Waals surface area contributed by atoms with Gasteiger partial charge in [-0.05, 0) is 37.1 Å². The van der Waals surface area contributed by atoms with E-state index >= 15 is 0 Å². The topological polar surface area (TPSA) is 72.2 Å². The van der Waals surface area contributed by atoms with Crippen LogP contribution in [0.15, 0.2) is 42.5 Å². The molecule has 0 saturated heterocycles. The van der Waals surface area contributed by atoms with E-state index in [9.17, 15) is 18.4 Å². The molecular formula is C18H16F2N2O2. The minimum absolute atomic E-state index is 0.193. The summed E-state index contributed by atoms with van der Waals surface area (Å²) in [6, 6.07) is 9.49. The molecule has 6 heteroatoms. The molecule has 124 valence electrons. The maximum Gasteiger partial charge on any atom is 0.248 e. The van der Waals surface area contributed by atoms with E-state index in [-0.39, 0.29) is 17.0 Å². The fraction of sp³-hybridized carbons (Fsp3) is 0.222. The van der Waals surface area contributed by atoms with Gasteiger partial charge in [0.05, 0.1) is 5.41 Å². The van der Waals surface area contributed by atoms with Gasteiger partial charge in [-0.25, -0.2) is 8.78 Å². The number of nitrogens with one attached hydrogen (secondary N) is 1. The van der Waals surface area contributed by atoms with Crippen LogP contribution in [-0.4, -0.2) is 11.8 Å². The van der Waals surface area contributed by atoms with E-state index < -0.39 is 23.0 Å². The van der Waals surface area contributed by atoms with E-state index in [2.05, 4.69) is 5.32 Å². The second-order valence-electron chi connectivity index (χ2n) is 5.96. The van der Waals surface area contributed by atoms with Crippen molar-refractivity contribution in [2.75, 3.05) is 5.32 Å². The second-order valence-corrected chi connectivity index (χ2v) is 5.96. The van der Waals surface area contributed by atoms with Crippen LogP contribution >= 0.6 is 0 Å². The van der Waals surface area contributed by atoms with Crippen LogP contribution in [0.3, 0.4) is 0 Å². The van der Waals surface area contributed by atoms with Crippen LogP contribution in [0.4, 0.5) is 14.5 Å². The summed E-state index contributed by atoms with van der Waals surface area (Å²) in [6.45, 7) is 0. The first-order valence-corrected chi connectivity index (χ1v) is 7.59. The number of carbonyl (C=O) groups is 2. The number of primary amides is 1. The largest absolute Gasteiger partial charge is 0.366 e. The van der Waals surface area contributed by atoms with E-state index in [0.717, 1.165) is 18.6 Å². The molecule has 3 N–H and O–H groups in total. The molecule has 4 nitrogen and oxygen atoms in total. The van der Waals surface area contributed by atoms with Crippen molar-refractivity contribution >= 4 is 17.5 Å². The number of carbonyl (C=O) groups excluding carboxylic acids is 2. The minimum Gasteiger partial charge on any atom is -0.366 e. The highest BCUT2D eigenvalue weighted by molar-refractivity contribution is 6.01. The lowest BCUT2D eigenvalue weighted by Crippen LogP contribution is -2.46. The maximum absolute atomic E-state index is 14.2. The van der Waals surface area contributed by atoms with E-state index in [0.29, 0.717) is 18.5 Å². The Labute approximate surface area is 137 Å². The smallest absolute Gasteiger partial charge is 0.248 e. The van der Waals surface area contributed by atoms with Crippen LogP contribution in [0, 0.1) is 11.6 Å². The number of halogens is 2. The first kappa shape index (κ1) is 16.1. The fourth-order valence-corrected chi connectivity index (χ4v) is 3.03. The summed E-state index contributed by atoms with van der Waals surface area (Å²) < 4.78 is 27.3. The molecule has 1 fully saturated rings. The molecule has 0 unspecified atom stereocenters. The van der Waals surface area contributed by atoms with E-state index in [1.807, 2.05) is 0 Å². The fourth-order valence-electron chi connectivity index (χ4n) is 3.03. The van der Waals surface area contributed by atoms with Gasteiger partial charge in [-0.3, -0.25) is 9.59 Å². The first-order chi connectivity index (χ1) is 11.4. The molecule has 0 aliphatic heterocycles. The minimum atomic E-state index is -1.01. The average Bonchev–Trinajstić information content (AvgIpc) is 2.48. The monoisotopic (exact) mass is 330 g/mol.